The minimum absolute atomic E-state index is 0.111. The molecule has 2 saturated carbocycles. The first-order valence-electron chi connectivity index (χ1n) is 20.4. The van der Waals surface area contributed by atoms with E-state index in [4.69, 9.17) is 23.7 Å². The third-order valence-electron chi connectivity index (χ3n) is 13.3. The summed E-state index contributed by atoms with van der Waals surface area (Å²) in [6, 6.07) is 23.3. The molecule has 1 saturated heterocycles. The summed E-state index contributed by atoms with van der Waals surface area (Å²) in [5.74, 6) is -6.00. The van der Waals surface area contributed by atoms with Gasteiger partial charge in [-0.3, -0.25) is 19.2 Å². The van der Waals surface area contributed by atoms with E-state index in [9.17, 15) is 34.2 Å². The first-order chi connectivity index (χ1) is 28.9. The number of hydrogen-bond acceptors (Lipinski definition) is 13. The maximum absolute atomic E-state index is 15.4. The number of ether oxygens (including phenoxy) is 5. The van der Waals surface area contributed by atoms with Crippen LogP contribution >= 0.6 is 0 Å². The molecule has 4 aliphatic rings. The summed E-state index contributed by atoms with van der Waals surface area (Å²) in [6.07, 6.45) is -7.55. The second kappa shape index (κ2) is 16.3. The van der Waals surface area contributed by atoms with Gasteiger partial charge in [0, 0.05) is 36.7 Å². The second-order valence-corrected chi connectivity index (χ2v) is 17.3. The van der Waals surface area contributed by atoms with Crippen molar-refractivity contribution in [3.63, 3.8) is 0 Å². The topological polar surface area (TPSA) is 201 Å². The van der Waals surface area contributed by atoms with E-state index >= 15 is 4.79 Å². The Morgan fingerprint density at radius 1 is 0.820 bits per heavy atom. The van der Waals surface area contributed by atoms with Gasteiger partial charge in [-0.25, -0.2) is 9.59 Å². The van der Waals surface area contributed by atoms with Gasteiger partial charge in [-0.1, -0.05) is 87.5 Å². The number of benzene rings is 3. The van der Waals surface area contributed by atoms with Crippen LogP contribution in [0.5, 0.6) is 0 Å². The first kappa shape index (κ1) is 43.4. The number of carbonyl (C=O) groups is 6. The Kier molecular flexibility index (Phi) is 11.6. The lowest BCUT2D eigenvalue weighted by atomic mass is 9.45. The summed E-state index contributed by atoms with van der Waals surface area (Å²) in [5.41, 5.74) is -5.83. The van der Waals surface area contributed by atoms with Gasteiger partial charge in [0.2, 0.25) is 0 Å². The van der Waals surface area contributed by atoms with E-state index in [0.29, 0.717) is 5.56 Å². The van der Waals surface area contributed by atoms with Gasteiger partial charge in [0.25, 0.3) is 5.91 Å². The van der Waals surface area contributed by atoms with Crippen LogP contribution in [0, 0.1) is 16.7 Å². The molecule has 61 heavy (non-hydrogen) atoms. The van der Waals surface area contributed by atoms with Crippen LogP contribution in [0.1, 0.15) is 93.1 Å². The minimum Gasteiger partial charge on any atom is -0.456 e. The van der Waals surface area contributed by atoms with Crippen LogP contribution in [-0.2, 0) is 42.9 Å². The average Bonchev–Trinajstić information content (AvgIpc) is 3.22. The molecule has 14 nitrogen and oxygen atoms in total. The number of amides is 1. The monoisotopic (exact) mass is 837 g/mol. The molecule has 3 N–H and O–H groups in total. The van der Waals surface area contributed by atoms with Crippen molar-refractivity contribution in [2.24, 2.45) is 16.7 Å². The Bertz CT molecular complexity index is 2240. The van der Waals surface area contributed by atoms with E-state index < -0.39 is 107 Å². The highest BCUT2D eigenvalue weighted by Crippen LogP contribution is 2.64. The highest BCUT2D eigenvalue weighted by Gasteiger charge is 2.76. The Morgan fingerprint density at radius 2 is 1.41 bits per heavy atom. The number of Topliss-reactive ketones (excluding diaryl/α,β-unsaturated/α-hetero) is 1. The standard InChI is InChI=1S/C47H51NO13/c1-26-32(59-43(55)36(51)35(29-16-10-7-11-17-29)48-41(53)30-18-12-8-13-19-30)24-47(56)40(60-42(54)31-20-14-9-15-21-31)38-45(6,23-22-33-46(38,25-57-33)61-28(3)50)39(52)37(58-27(2)49)34(26)44(47,4)5/h7-21,32-33,35-38,40,51,56H,22-25H2,1-6H3,(H,48,53)/t32-,33+,35-,36+,37+,38?,40-,45+,46-,47+/m0/s1. The number of nitrogens with one attached hydrogen (secondary N) is 1. The molecule has 3 aromatic carbocycles. The highest BCUT2D eigenvalue weighted by molar-refractivity contribution is 5.96. The summed E-state index contributed by atoms with van der Waals surface area (Å²) in [7, 11) is 0. The molecule has 322 valence electrons. The van der Waals surface area contributed by atoms with Crippen LogP contribution < -0.4 is 5.32 Å². The Labute approximate surface area is 353 Å². The van der Waals surface area contributed by atoms with Crippen LogP contribution in [0.15, 0.2) is 102 Å². The van der Waals surface area contributed by atoms with Gasteiger partial charge < -0.3 is 39.2 Å². The lowest BCUT2D eigenvalue weighted by molar-refractivity contribution is -0.332. The highest BCUT2D eigenvalue weighted by atomic mass is 16.6. The number of rotatable bonds is 10. The molecule has 0 aromatic heterocycles. The lowest BCUT2D eigenvalue weighted by Crippen LogP contribution is -2.79. The molecule has 3 aliphatic carbocycles. The van der Waals surface area contributed by atoms with E-state index in [1.807, 2.05) is 0 Å². The van der Waals surface area contributed by atoms with Crippen molar-refractivity contribution in [2.45, 2.75) is 109 Å². The molecule has 1 amide bonds. The van der Waals surface area contributed by atoms with Gasteiger partial charge >= 0.3 is 23.9 Å². The van der Waals surface area contributed by atoms with Crippen molar-refractivity contribution >= 4 is 35.6 Å². The van der Waals surface area contributed by atoms with E-state index in [-0.39, 0.29) is 41.7 Å². The average molecular weight is 838 g/mol. The molecule has 0 spiro atoms. The molecule has 2 bridgehead atoms. The van der Waals surface area contributed by atoms with Crippen LogP contribution in [-0.4, -0.2) is 94.1 Å². The van der Waals surface area contributed by atoms with Gasteiger partial charge in [-0.2, -0.15) is 0 Å². The molecule has 3 fully saturated rings. The molecule has 1 heterocycles. The number of hydrogen-bond donors (Lipinski definition) is 3. The third kappa shape index (κ3) is 7.44. The van der Waals surface area contributed by atoms with Crippen molar-refractivity contribution in [3.8, 4) is 0 Å². The number of aliphatic hydroxyl groups excluding tert-OH is 1. The Balaban J connectivity index is 1.37. The molecular weight excluding hydrogens is 787 g/mol. The van der Waals surface area contributed by atoms with Crippen molar-refractivity contribution in [1.82, 2.24) is 5.32 Å². The SMILES string of the molecule is CC(=O)O[C@H]1C(=O)[C@]2(C)CC[C@H]3OC[C@@]3(OC(C)=O)C2[C@H](OC(=O)c2ccccc2)[C@]2(O)C[C@H](OC(=O)[C@H](O)[C@@H](NC(=O)c3ccccc3)c3ccccc3)C(C)=C1C2(C)C. The fourth-order valence-electron chi connectivity index (χ4n) is 10.2. The van der Waals surface area contributed by atoms with E-state index in [1.165, 1.54) is 19.1 Å². The number of aliphatic hydroxyl groups is 2. The molecule has 1 aliphatic heterocycles. The maximum Gasteiger partial charge on any atom is 0.338 e. The van der Waals surface area contributed by atoms with Crippen LogP contribution in [0.2, 0.25) is 0 Å². The Hall–Kier alpha value is -5.70. The quantitative estimate of drug-likeness (QED) is 0.144. The largest absolute Gasteiger partial charge is 0.456 e. The van der Waals surface area contributed by atoms with Crippen molar-refractivity contribution in [2.75, 3.05) is 6.61 Å². The smallest absolute Gasteiger partial charge is 0.338 e. The molecule has 1 unspecified atom stereocenters. The van der Waals surface area contributed by atoms with Crippen molar-refractivity contribution < 1.29 is 62.7 Å². The van der Waals surface area contributed by atoms with Gasteiger partial charge in [-0.05, 0) is 60.7 Å². The molecular formula is C47H51NO13. The van der Waals surface area contributed by atoms with Crippen molar-refractivity contribution in [3.05, 3.63) is 119 Å². The molecule has 0 radical (unpaired) electrons. The van der Waals surface area contributed by atoms with Crippen LogP contribution in [0.3, 0.4) is 0 Å². The fraction of sp³-hybridized carbons (Fsp3) is 0.447. The van der Waals surface area contributed by atoms with Gasteiger partial charge in [-0.15, -0.1) is 0 Å². The number of fused-ring (bicyclic) bond motifs is 5. The first-order valence-corrected chi connectivity index (χ1v) is 20.4. The summed E-state index contributed by atoms with van der Waals surface area (Å²) >= 11 is 0. The fourth-order valence-corrected chi connectivity index (χ4v) is 10.2. The predicted octanol–water partition coefficient (Wildman–Crippen LogP) is 4.76. The zero-order valence-corrected chi connectivity index (χ0v) is 34.9. The van der Waals surface area contributed by atoms with Crippen LogP contribution in [0.4, 0.5) is 0 Å². The third-order valence-corrected chi connectivity index (χ3v) is 13.3. The number of ketones is 1. The Morgan fingerprint density at radius 3 is 1.97 bits per heavy atom. The van der Waals surface area contributed by atoms with Gasteiger partial charge in [0.1, 0.15) is 23.9 Å². The zero-order valence-electron chi connectivity index (χ0n) is 34.9. The summed E-state index contributed by atoms with van der Waals surface area (Å²) in [4.78, 5) is 83.3. The zero-order chi connectivity index (χ0) is 44.1. The molecule has 3 aromatic rings. The summed E-state index contributed by atoms with van der Waals surface area (Å²) in [5, 5.41) is 28.2. The molecule has 7 rings (SSSR count). The maximum atomic E-state index is 15.4. The number of esters is 4. The van der Waals surface area contributed by atoms with Crippen molar-refractivity contribution in [1.29, 1.82) is 0 Å². The normalized spacial score (nSPS) is 31.0. The summed E-state index contributed by atoms with van der Waals surface area (Å²) in [6.45, 7) is 8.62. The second-order valence-electron chi connectivity index (χ2n) is 17.3. The molecule has 10 atom stereocenters. The van der Waals surface area contributed by atoms with E-state index in [2.05, 4.69) is 5.32 Å². The van der Waals surface area contributed by atoms with E-state index in [1.54, 1.807) is 107 Å². The summed E-state index contributed by atoms with van der Waals surface area (Å²) < 4.78 is 30.6. The van der Waals surface area contributed by atoms with Crippen LogP contribution in [0.25, 0.3) is 0 Å². The molecule has 14 heteroatoms. The van der Waals surface area contributed by atoms with Gasteiger partial charge in [0.15, 0.2) is 23.6 Å². The van der Waals surface area contributed by atoms with Gasteiger partial charge in [0.05, 0.1) is 24.1 Å². The number of carbonyl (C=O) groups excluding carboxylic acids is 6. The van der Waals surface area contributed by atoms with E-state index in [0.717, 1.165) is 6.92 Å². The lowest BCUT2D eigenvalue weighted by Gasteiger charge is -2.66. The minimum atomic E-state index is -2.27. The predicted molar refractivity (Wildman–Crippen MR) is 216 cm³/mol.